The second-order valence-electron chi connectivity index (χ2n) is 3.41. The van der Waals surface area contributed by atoms with Crippen molar-refractivity contribution in [3.8, 4) is 0 Å². The molecule has 0 saturated heterocycles. The van der Waals surface area contributed by atoms with Gasteiger partial charge in [-0.15, -0.1) is 5.73 Å². The van der Waals surface area contributed by atoms with E-state index in [0.29, 0.717) is 17.9 Å². The lowest BCUT2D eigenvalue weighted by atomic mass is 10.2. The van der Waals surface area contributed by atoms with Crippen LogP contribution in [0.25, 0.3) is 0 Å². The van der Waals surface area contributed by atoms with E-state index < -0.39 is 10.0 Å². The standard InChI is InChI=1S/C12H15NO2S/c1-3-4-5-10-13-16(14,15)12-8-6-11(2)7-9-12/h4,6-9,13H,1,5,10H2,2H3. The third kappa shape index (κ3) is 3.66. The number of hydrogen-bond acceptors (Lipinski definition) is 2. The van der Waals surface area contributed by atoms with Gasteiger partial charge < -0.3 is 0 Å². The molecule has 0 aliphatic carbocycles. The van der Waals surface area contributed by atoms with Crippen LogP contribution < -0.4 is 4.72 Å². The summed E-state index contributed by atoms with van der Waals surface area (Å²) in [6, 6.07) is 6.75. The summed E-state index contributed by atoms with van der Waals surface area (Å²) in [6.07, 6.45) is 2.28. The Morgan fingerprint density at radius 2 is 2.00 bits per heavy atom. The number of hydrogen-bond donors (Lipinski definition) is 1. The molecule has 0 unspecified atom stereocenters. The van der Waals surface area contributed by atoms with Crippen molar-refractivity contribution in [3.63, 3.8) is 0 Å². The summed E-state index contributed by atoms with van der Waals surface area (Å²) in [5, 5.41) is 0. The molecule has 4 heteroatoms. The lowest BCUT2D eigenvalue weighted by Gasteiger charge is -2.05. The highest BCUT2D eigenvalue weighted by molar-refractivity contribution is 7.89. The molecule has 0 radical (unpaired) electrons. The third-order valence-corrected chi connectivity index (χ3v) is 3.53. The minimum atomic E-state index is -3.38. The molecule has 1 N–H and O–H groups in total. The van der Waals surface area contributed by atoms with Gasteiger partial charge in [-0.25, -0.2) is 13.1 Å². The molecule has 0 aliphatic rings. The van der Waals surface area contributed by atoms with E-state index in [4.69, 9.17) is 0 Å². The molecule has 0 aromatic heterocycles. The van der Waals surface area contributed by atoms with Gasteiger partial charge in [0.05, 0.1) is 4.90 Å². The number of benzene rings is 1. The molecule has 0 aliphatic heterocycles. The van der Waals surface area contributed by atoms with E-state index in [0.717, 1.165) is 5.56 Å². The van der Waals surface area contributed by atoms with Gasteiger partial charge in [0, 0.05) is 6.54 Å². The van der Waals surface area contributed by atoms with Crippen molar-refractivity contribution in [2.75, 3.05) is 6.54 Å². The molecule has 0 amide bonds. The Labute approximate surface area is 96.6 Å². The number of aryl methyl sites for hydroxylation is 1. The summed E-state index contributed by atoms with van der Waals surface area (Å²) in [6.45, 7) is 5.68. The number of rotatable bonds is 5. The zero-order valence-corrected chi connectivity index (χ0v) is 10.0. The van der Waals surface area contributed by atoms with Gasteiger partial charge in [0.2, 0.25) is 10.0 Å². The maximum absolute atomic E-state index is 11.7. The van der Waals surface area contributed by atoms with Crippen molar-refractivity contribution >= 4 is 10.0 Å². The van der Waals surface area contributed by atoms with Gasteiger partial charge in [0.1, 0.15) is 0 Å². The maximum Gasteiger partial charge on any atom is 0.240 e. The van der Waals surface area contributed by atoms with Crippen molar-refractivity contribution in [1.29, 1.82) is 0 Å². The Hall–Kier alpha value is -1.35. The number of sulfonamides is 1. The van der Waals surface area contributed by atoms with Gasteiger partial charge in [-0.2, -0.15) is 0 Å². The van der Waals surface area contributed by atoms with Crippen molar-refractivity contribution in [1.82, 2.24) is 4.72 Å². The van der Waals surface area contributed by atoms with E-state index in [-0.39, 0.29) is 0 Å². The Kier molecular flexibility index (Phi) is 4.50. The molecular weight excluding hydrogens is 222 g/mol. The van der Waals surface area contributed by atoms with Crippen LogP contribution in [0.1, 0.15) is 12.0 Å². The highest BCUT2D eigenvalue weighted by atomic mass is 32.2. The Balaban J connectivity index is 2.70. The fourth-order valence-corrected chi connectivity index (χ4v) is 2.22. The van der Waals surface area contributed by atoms with Crippen LogP contribution in [-0.4, -0.2) is 15.0 Å². The average Bonchev–Trinajstić information content (AvgIpc) is 2.25. The predicted octanol–water partition coefficient (Wildman–Crippen LogP) is 2.00. The summed E-state index contributed by atoms with van der Waals surface area (Å²) >= 11 is 0. The minimum Gasteiger partial charge on any atom is -0.211 e. The van der Waals surface area contributed by atoms with Crippen LogP contribution in [0, 0.1) is 6.92 Å². The molecule has 1 rings (SSSR count). The monoisotopic (exact) mass is 237 g/mol. The molecule has 0 spiro atoms. The van der Waals surface area contributed by atoms with Gasteiger partial charge in [-0.05, 0) is 31.6 Å². The van der Waals surface area contributed by atoms with Crippen LogP contribution in [0.2, 0.25) is 0 Å². The van der Waals surface area contributed by atoms with E-state index in [9.17, 15) is 8.42 Å². The van der Waals surface area contributed by atoms with E-state index in [1.165, 1.54) is 0 Å². The second kappa shape index (κ2) is 5.66. The molecule has 3 nitrogen and oxygen atoms in total. The van der Waals surface area contributed by atoms with Gasteiger partial charge in [0.25, 0.3) is 0 Å². The van der Waals surface area contributed by atoms with Crippen LogP contribution in [0.3, 0.4) is 0 Å². The van der Waals surface area contributed by atoms with Gasteiger partial charge in [-0.1, -0.05) is 24.3 Å². The van der Waals surface area contributed by atoms with Crippen molar-refractivity contribution in [2.45, 2.75) is 18.2 Å². The third-order valence-electron chi connectivity index (χ3n) is 2.06. The SMILES string of the molecule is C=C=CCCNS(=O)(=O)c1ccc(C)cc1. The van der Waals surface area contributed by atoms with Gasteiger partial charge in [0.15, 0.2) is 0 Å². The fourth-order valence-electron chi connectivity index (χ4n) is 1.17. The van der Waals surface area contributed by atoms with Gasteiger partial charge >= 0.3 is 0 Å². The first-order valence-electron chi connectivity index (χ1n) is 4.97. The summed E-state index contributed by atoms with van der Waals surface area (Å²) in [5.41, 5.74) is 3.63. The topological polar surface area (TPSA) is 46.2 Å². The molecular formula is C12H15NO2S. The molecule has 16 heavy (non-hydrogen) atoms. The van der Waals surface area contributed by atoms with Crippen molar-refractivity contribution < 1.29 is 8.42 Å². The molecule has 0 bridgehead atoms. The van der Waals surface area contributed by atoms with E-state index in [2.05, 4.69) is 17.0 Å². The predicted molar refractivity (Wildman–Crippen MR) is 64.7 cm³/mol. The van der Waals surface area contributed by atoms with Gasteiger partial charge in [-0.3, -0.25) is 0 Å². The normalized spacial score (nSPS) is 10.8. The Morgan fingerprint density at radius 3 is 2.56 bits per heavy atom. The van der Waals surface area contributed by atoms with E-state index >= 15 is 0 Å². The highest BCUT2D eigenvalue weighted by Gasteiger charge is 2.11. The Morgan fingerprint density at radius 1 is 1.38 bits per heavy atom. The molecule has 0 heterocycles. The zero-order valence-electron chi connectivity index (χ0n) is 9.23. The lowest BCUT2D eigenvalue weighted by Crippen LogP contribution is -2.24. The van der Waals surface area contributed by atoms with Crippen molar-refractivity contribution in [2.24, 2.45) is 0 Å². The fraction of sp³-hybridized carbons (Fsp3) is 0.250. The lowest BCUT2D eigenvalue weighted by molar-refractivity contribution is 0.582. The molecule has 1 aromatic carbocycles. The smallest absolute Gasteiger partial charge is 0.211 e. The first kappa shape index (κ1) is 12.7. The van der Waals surface area contributed by atoms with Crippen molar-refractivity contribution in [3.05, 3.63) is 48.2 Å². The maximum atomic E-state index is 11.7. The summed E-state index contributed by atoms with van der Waals surface area (Å²) in [5.74, 6) is 0. The van der Waals surface area contributed by atoms with Crippen LogP contribution in [0.5, 0.6) is 0 Å². The first-order chi connectivity index (χ1) is 7.56. The van der Waals surface area contributed by atoms with E-state index in [1.807, 2.05) is 6.92 Å². The molecule has 0 atom stereocenters. The van der Waals surface area contributed by atoms with E-state index in [1.54, 1.807) is 30.3 Å². The Bertz CT molecular complexity index is 482. The van der Waals surface area contributed by atoms with Crippen LogP contribution in [0.15, 0.2) is 47.5 Å². The number of nitrogens with one attached hydrogen (secondary N) is 1. The molecule has 86 valence electrons. The summed E-state index contributed by atoms with van der Waals surface area (Å²) in [4.78, 5) is 0.292. The highest BCUT2D eigenvalue weighted by Crippen LogP contribution is 2.09. The largest absolute Gasteiger partial charge is 0.240 e. The molecule has 1 aromatic rings. The first-order valence-corrected chi connectivity index (χ1v) is 6.45. The average molecular weight is 237 g/mol. The second-order valence-corrected chi connectivity index (χ2v) is 5.17. The molecule has 0 fully saturated rings. The van der Waals surface area contributed by atoms with Crippen LogP contribution >= 0.6 is 0 Å². The van der Waals surface area contributed by atoms with Crippen LogP contribution in [-0.2, 0) is 10.0 Å². The quantitative estimate of drug-likeness (QED) is 0.629. The molecule has 0 saturated carbocycles. The van der Waals surface area contributed by atoms with Crippen LogP contribution in [0.4, 0.5) is 0 Å². The summed E-state index contributed by atoms with van der Waals surface area (Å²) < 4.78 is 26.0. The zero-order chi connectivity index (χ0) is 12.0. The summed E-state index contributed by atoms with van der Waals surface area (Å²) in [7, 11) is -3.38. The minimum absolute atomic E-state index is 0.292.